The third kappa shape index (κ3) is 1.65. The summed E-state index contributed by atoms with van der Waals surface area (Å²) in [6.07, 6.45) is 6.20. The van der Waals surface area contributed by atoms with E-state index in [9.17, 15) is 8.78 Å². The molecule has 1 aliphatic carbocycles. The van der Waals surface area contributed by atoms with Crippen molar-refractivity contribution in [2.75, 3.05) is 0 Å². The molecule has 4 rings (SSSR count). The molecule has 17 heavy (non-hydrogen) atoms. The average molecular weight is 351 g/mol. The van der Waals surface area contributed by atoms with Crippen molar-refractivity contribution in [1.29, 1.82) is 0 Å². The Balaban J connectivity index is 0.000000902. The van der Waals surface area contributed by atoms with Crippen LogP contribution in [0, 0.1) is 18.1 Å². The number of fused-ring (bicyclic) bond motifs is 1. The third-order valence-electron chi connectivity index (χ3n) is 3.94. The molecular weight excluding hydrogens is 341 g/mol. The molecule has 0 radical (unpaired) electrons. The molecule has 1 aromatic carbocycles. The van der Waals surface area contributed by atoms with Gasteiger partial charge in [-0.15, -0.1) is 12.0 Å². The summed E-state index contributed by atoms with van der Waals surface area (Å²) in [6, 6.07) is 3.06. The number of nitrogens with zero attached hydrogens (tertiary/aromatic N) is 1. The van der Waals surface area contributed by atoms with E-state index in [0.29, 0.717) is 5.39 Å². The molecule has 2 aromatic rings. The molecule has 1 spiro atoms. The number of aromatic nitrogens is 1. The maximum atomic E-state index is 13.6. The van der Waals surface area contributed by atoms with Gasteiger partial charge in [0.25, 0.3) is 0 Å². The molecule has 0 amide bonds. The first-order valence-corrected chi connectivity index (χ1v) is 5.53. The number of hydrogen-bond acceptors (Lipinski definition) is 0. The van der Waals surface area contributed by atoms with Crippen molar-refractivity contribution >= 4 is 10.9 Å². The molecule has 1 aliphatic heterocycles. The Morgan fingerprint density at radius 1 is 1.29 bits per heavy atom. The maximum Gasteiger partial charge on any atom is 1.00 e. The Kier molecular flexibility index (Phi) is 3.05. The standard InChI is InChI=1S/C13H10F2N.Cs/c14-10-7-9-12-8(11(10)15)1-5-16(12)6-4-13(9)2-3-13;/h1,4-5,7H,2-3,6H2;/q-1;+1. The predicted octanol–water partition coefficient (Wildman–Crippen LogP) is 0.173. The summed E-state index contributed by atoms with van der Waals surface area (Å²) >= 11 is 0. The first-order valence-electron chi connectivity index (χ1n) is 5.53. The predicted molar refractivity (Wildman–Crippen MR) is 57.1 cm³/mol. The second-order valence-electron chi connectivity index (χ2n) is 4.81. The van der Waals surface area contributed by atoms with Crippen LogP contribution >= 0.6 is 0 Å². The molecule has 0 saturated heterocycles. The maximum absolute atomic E-state index is 13.6. The summed E-state index contributed by atoms with van der Waals surface area (Å²) in [6.45, 7) is 0.807. The van der Waals surface area contributed by atoms with E-state index in [0.717, 1.165) is 30.5 Å². The molecule has 0 atom stereocenters. The molecule has 1 nitrogen and oxygen atoms in total. The normalized spacial score (nSPS) is 19.4. The van der Waals surface area contributed by atoms with E-state index in [1.54, 1.807) is 6.07 Å². The fourth-order valence-electron chi connectivity index (χ4n) is 2.86. The Bertz CT molecular complexity index is 613. The SMILES string of the molecule is Fc1cc2c3c(ccn3C[CH-]C23CC3)c1F.[Cs+]. The molecule has 0 bridgehead atoms. The van der Waals surface area contributed by atoms with Crippen LogP contribution in [0.2, 0.25) is 0 Å². The van der Waals surface area contributed by atoms with Crippen LogP contribution in [0.3, 0.4) is 0 Å². The van der Waals surface area contributed by atoms with Crippen LogP contribution in [0.15, 0.2) is 18.3 Å². The second-order valence-corrected chi connectivity index (χ2v) is 4.81. The number of hydrogen-bond donors (Lipinski definition) is 0. The van der Waals surface area contributed by atoms with Gasteiger partial charge in [-0.3, -0.25) is 6.42 Å². The summed E-state index contributed by atoms with van der Waals surface area (Å²) < 4.78 is 29.1. The minimum Gasteiger partial charge on any atom is -0.377 e. The molecule has 2 aliphatic rings. The van der Waals surface area contributed by atoms with Gasteiger partial charge in [0.2, 0.25) is 0 Å². The molecule has 1 aromatic heterocycles. The van der Waals surface area contributed by atoms with Crippen LogP contribution in [0.4, 0.5) is 8.78 Å². The summed E-state index contributed by atoms with van der Waals surface area (Å²) in [5, 5.41) is 0.425. The van der Waals surface area contributed by atoms with Crippen LogP contribution in [0.5, 0.6) is 0 Å². The van der Waals surface area contributed by atoms with Crippen molar-refractivity contribution in [1.82, 2.24) is 4.57 Å². The van der Waals surface area contributed by atoms with Crippen molar-refractivity contribution in [2.45, 2.75) is 24.8 Å². The van der Waals surface area contributed by atoms with E-state index in [1.165, 1.54) is 6.07 Å². The molecule has 4 heteroatoms. The van der Waals surface area contributed by atoms with Gasteiger partial charge in [0.15, 0.2) is 11.6 Å². The molecule has 1 saturated carbocycles. The zero-order chi connectivity index (χ0) is 10.9. The molecule has 2 heterocycles. The van der Waals surface area contributed by atoms with Crippen molar-refractivity contribution in [3.8, 4) is 0 Å². The van der Waals surface area contributed by atoms with Gasteiger partial charge in [0.05, 0.1) is 0 Å². The van der Waals surface area contributed by atoms with Crippen LogP contribution in [0.25, 0.3) is 10.9 Å². The van der Waals surface area contributed by atoms with Gasteiger partial charge >= 0.3 is 68.9 Å². The first-order chi connectivity index (χ1) is 7.71. The minimum atomic E-state index is -0.721. The van der Waals surface area contributed by atoms with E-state index in [2.05, 4.69) is 6.42 Å². The third-order valence-corrected chi connectivity index (χ3v) is 3.94. The molecule has 0 unspecified atom stereocenters. The number of benzene rings is 1. The Morgan fingerprint density at radius 3 is 2.76 bits per heavy atom. The van der Waals surface area contributed by atoms with Crippen LogP contribution < -0.4 is 68.9 Å². The fraction of sp³-hybridized carbons (Fsp3) is 0.308. The average Bonchev–Trinajstić information content (AvgIpc) is 2.91. The summed E-state index contributed by atoms with van der Waals surface area (Å²) in [7, 11) is 0. The largest absolute Gasteiger partial charge is 1.00 e. The van der Waals surface area contributed by atoms with Gasteiger partial charge in [-0.2, -0.15) is 0 Å². The van der Waals surface area contributed by atoms with Crippen LogP contribution in [-0.2, 0) is 12.0 Å². The van der Waals surface area contributed by atoms with Crippen molar-refractivity contribution in [2.24, 2.45) is 0 Å². The Morgan fingerprint density at radius 2 is 2.06 bits per heavy atom. The van der Waals surface area contributed by atoms with Crippen LogP contribution in [0.1, 0.15) is 18.4 Å². The molecule has 0 N–H and O–H groups in total. The Hall–Kier alpha value is 0.672. The second kappa shape index (κ2) is 4.08. The zero-order valence-electron chi connectivity index (χ0n) is 9.63. The van der Waals surface area contributed by atoms with Gasteiger partial charge in [-0.1, -0.05) is 12.8 Å². The monoisotopic (exact) mass is 351 g/mol. The summed E-state index contributed by atoms with van der Waals surface area (Å²) in [5.74, 6) is -1.43. The van der Waals surface area contributed by atoms with E-state index >= 15 is 0 Å². The fourth-order valence-corrected chi connectivity index (χ4v) is 2.86. The zero-order valence-corrected chi connectivity index (χ0v) is 15.9. The molecular formula is C13H10CsF2N. The topological polar surface area (TPSA) is 4.93 Å². The number of rotatable bonds is 0. The van der Waals surface area contributed by atoms with Gasteiger partial charge < -0.3 is 4.57 Å². The quantitative estimate of drug-likeness (QED) is 0.597. The smallest absolute Gasteiger partial charge is 0.377 e. The van der Waals surface area contributed by atoms with E-state index < -0.39 is 11.6 Å². The van der Waals surface area contributed by atoms with Gasteiger partial charge in [0, 0.05) is 17.1 Å². The van der Waals surface area contributed by atoms with Gasteiger partial charge in [-0.05, 0) is 17.7 Å². The van der Waals surface area contributed by atoms with E-state index in [1.807, 2.05) is 10.8 Å². The summed E-state index contributed by atoms with van der Waals surface area (Å²) in [5.41, 5.74) is 1.90. The van der Waals surface area contributed by atoms with Gasteiger partial charge in [0.1, 0.15) is 0 Å². The van der Waals surface area contributed by atoms with Crippen molar-refractivity contribution in [3.05, 3.63) is 41.9 Å². The van der Waals surface area contributed by atoms with E-state index in [-0.39, 0.29) is 74.3 Å². The van der Waals surface area contributed by atoms with Crippen LogP contribution in [-0.4, -0.2) is 4.57 Å². The van der Waals surface area contributed by atoms with Gasteiger partial charge in [-0.25, -0.2) is 8.78 Å². The molecule has 1 fully saturated rings. The molecule has 82 valence electrons. The van der Waals surface area contributed by atoms with Crippen molar-refractivity contribution in [3.63, 3.8) is 0 Å². The Labute approximate surface area is 157 Å². The minimum absolute atomic E-state index is 0. The first kappa shape index (κ1) is 12.7. The van der Waals surface area contributed by atoms with Crippen molar-refractivity contribution < 1.29 is 77.7 Å². The summed E-state index contributed by atoms with van der Waals surface area (Å²) in [4.78, 5) is 0. The number of halogens is 2. The van der Waals surface area contributed by atoms with E-state index in [4.69, 9.17) is 0 Å².